The second-order valence-electron chi connectivity index (χ2n) is 7.54. The molecule has 1 aliphatic rings. The topological polar surface area (TPSA) is 131 Å². The Morgan fingerprint density at radius 2 is 1.81 bits per heavy atom. The number of benzene rings is 2. The summed E-state index contributed by atoms with van der Waals surface area (Å²) < 4.78 is 44.7. The van der Waals surface area contributed by atoms with Crippen LogP contribution in [0, 0.1) is 10.1 Å². The lowest BCUT2D eigenvalue weighted by molar-refractivity contribution is -0.384. The van der Waals surface area contributed by atoms with E-state index in [0.29, 0.717) is 26.3 Å². The Morgan fingerprint density at radius 1 is 1.08 bits per heavy atom. The van der Waals surface area contributed by atoms with Crippen LogP contribution in [0.15, 0.2) is 41.5 Å². The molecule has 0 spiro atoms. The van der Waals surface area contributed by atoms with Gasteiger partial charge in [0.05, 0.1) is 34.9 Å². The quantitative estimate of drug-likeness (QED) is 0.231. The zero-order valence-corrected chi connectivity index (χ0v) is 20.2. The Kier molecular flexibility index (Phi) is 7.90. The van der Waals surface area contributed by atoms with E-state index in [1.54, 1.807) is 0 Å². The van der Waals surface area contributed by atoms with Gasteiger partial charge in [-0.25, -0.2) is 5.43 Å². The number of nitrogens with one attached hydrogen (secondary N) is 2. The van der Waals surface area contributed by atoms with E-state index in [2.05, 4.69) is 30.8 Å². The van der Waals surface area contributed by atoms with Gasteiger partial charge in [-0.2, -0.15) is 33.2 Å². The van der Waals surface area contributed by atoms with E-state index in [1.807, 2.05) is 4.90 Å². The molecule has 11 nitrogen and oxygen atoms in total. The molecular weight excluding hydrogens is 540 g/mol. The molecule has 1 aromatic heterocycles. The third-order valence-corrected chi connectivity index (χ3v) is 5.62. The van der Waals surface area contributed by atoms with Gasteiger partial charge in [-0.15, -0.1) is 0 Å². The first kappa shape index (κ1) is 26.3. The van der Waals surface area contributed by atoms with Gasteiger partial charge in [0, 0.05) is 30.4 Å². The van der Waals surface area contributed by atoms with Crippen LogP contribution in [0.3, 0.4) is 0 Å². The van der Waals surface area contributed by atoms with Crippen LogP contribution in [0.2, 0.25) is 10.0 Å². The highest BCUT2D eigenvalue weighted by molar-refractivity contribution is 6.37. The molecule has 37 heavy (non-hydrogen) atoms. The number of ether oxygens (including phenoxy) is 1. The molecule has 3 aromatic rings. The maximum Gasteiger partial charge on any atom is 0.416 e. The van der Waals surface area contributed by atoms with Crippen LogP contribution in [0.1, 0.15) is 11.1 Å². The summed E-state index contributed by atoms with van der Waals surface area (Å²) in [5.74, 6) is 0.168. The van der Waals surface area contributed by atoms with Crippen molar-refractivity contribution in [2.45, 2.75) is 6.18 Å². The van der Waals surface area contributed by atoms with Crippen LogP contribution in [0.25, 0.3) is 0 Å². The first-order valence-corrected chi connectivity index (χ1v) is 11.3. The molecule has 0 radical (unpaired) electrons. The van der Waals surface area contributed by atoms with E-state index in [4.69, 9.17) is 27.9 Å². The molecule has 194 valence electrons. The normalized spacial score (nSPS) is 14.1. The van der Waals surface area contributed by atoms with Crippen molar-refractivity contribution in [1.29, 1.82) is 0 Å². The van der Waals surface area contributed by atoms with Crippen LogP contribution >= 0.6 is 23.2 Å². The van der Waals surface area contributed by atoms with Crippen molar-refractivity contribution >= 4 is 58.6 Å². The summed E-state index contributed by atoms with van der Waals surface area (Å²) in [6, 6.07) is 6.95. The zero-order valence-electron chi connectivity index (χ0n) is 18.7. The molecule has 0 bridgehead atoms. The van der Waals surface area contributed by atoms with Crippen molar-refractivity contribution in [3.05, 3.63) is 67.7 Å². The fourth-order valence-electron chi connectivity index (χ4n) is 3.23. The lowest BCUT2D eigenvalue weighted by atomic mass is 10.2. The minimum atomic E-state index is -4.52. The lowest BCUT2D eigenvalue weighted by Gasteiger charge is -2.27. The van der Waals surface area contributed by atoms with E-state index in [0.717, 1.165) is 18.2 Å². The summed E-state index contributed by atoms with van der Waals surface area (Å²) in [5.41, 5.74) is 1.72. The third-order valence-electron chi connectivity index (χ3n) is 4.99. The Balaban J connectivity index is 1.61. The molecule has 1 aliphatic heterocycles. The van der Waals surface area contributed by atoms with Gasteiger partial charge in [-0.1, -0.05) is 29.3 Å². The van der Waals surface area contributed by atoms with E-state index in [-0.39, 0.29) is 44.8 Å². The molecule has 2 aromatic carbocycles. The van der Waals surface area contributed by atoms with Crippen LogP contribution in [0.5, 0.6) is 0 Å². The highest BCUT2D eigenvalue weighted by atomic mass is 35.5. The molecule has 16 heteroatoms. The fourth-order valence-corrected chi connectivity index (χ4v) is 3.73. The SMILES string of the molecule is O=[N+]([O-])c1cc(/C=N\Nc2nc(Nc3cccc(C(F)(F)F)c3)nc(N3CCOCC3)n2)c(Cl)cc1Cl. The van der Waals surface area contributed by atoms with Gasteiger partial charge < -0.3 is 15.0 Å². The second kappa shape index (κ2) is 11.1. The number of alkyl halides is 3. The number of rotatable bonds is 7. The number of halogens is 5. The largest absolute Gasteiger partial charge is 0.416 e. The van der Waals surface area contributed by atoms with Crippen molar-refractivity contribution in [2.24, 2.45) is 5.10 Å². The van der Waals surface area contributed by atoms with Crippen molar-refractivity contribution in [1.82, 2.24) is 15.0 Å². The molecule has 1 saturated heterocycles. The van der Waals surface area contributed by atoms with E-state index >= 15 is 0 Å². The molecule has 0 amide bonds. The van der Waals surface area contributed by atoms with Crippen LogP contribution in [0.4, 0.5) is 42.4 Å². The molecule has 1 fully saturated rings. The maximum absolute atomic E-state index is 13.1. The predicted molar refractivity (Wildman–Crippen MR) is 132 cm³/mol. The Morgan fingerprint density at radius 3 is 2.51 bits per heavy atom. The predicted octanol–water partition coefficient (Wildman–Crippen LogP) is 5.13. The first-order valence-electron chi connectivity index (χ1n) is 10.6. The number of hydrazone groups is 1. The fraction of sp³-hybridized carbons (Fsp3) is 0.238. The smallest absolute Gasteiger partial charge is 0.378 e. The van der Waals surface area contributed by atoms with Gasteiger partial charge in [0.1, 0.15) is 5.02 Å². The summed E-state index contributed by atoms with van der Waals surface area (Å²) >= 11 is 11.9. The number of hydrogen-bond acceptors (Lipinski definition) is 10. The molecule has 0 unspecified atom stereocenters. The molecule has 0 atom stereocenters. The average Bonchev–Trinajstić information content (AvgIpc) is 2.85. The van der Waals surface area contributed by atoms with E-state index in [9.17, 15) is 23.3 Å². The number of morpholine rings is 1. The second-order valence-corrected chi connectivity index (χ2v) is 8.35. The Hall–Kier alpha value is -3.75. The van der Waals surface area contributed by atoms with Crippen molar-refractivity contribution < 1.29 is 22.8 Å². The summed E-state index contributed by atoms with van der Waals surface area (Å²) in [6.45, 7) is 1.85. The first-order chi connectivity index (χ1) is 17.6. The summed E-state index contributed by atoms with van der Waals surface area (Å²) in [7, 11) is 0. The Labute approximate surface area is 217 Å². The zero-order chi connectivity index (χ0) is 26.6. The molecule has 4 rings (SSSR count). The van der Waals surface area contributed by atoms with Gasteiger partial charge in [-0.05, 0) is 24.3 Å². The summed E-state index contributed by atoms with van der Waals surface area (Å²) in [5, 5.41) is 17.9. The van der Waals surface area contributed by atoms with E-state index < -0.39 is 16.7 Å². The monoisotopic (exact) mass is 556 g/mol. The molecule has 0 aliphatic carbocycles. The molecular formula is C21H17Cl2F3N8O3. The number of anilines is 4. The van der Waals surface area contributed by atoms with Gasteiger partial charge in [0.2, 0.25) is 17.8 Å². The number of nitro benzene ring substituents is 1. The number of hydrogen-bond donors (Lipinski definition) is 2. The number of nitrogens with zero attached hydrogens (tertiary/aromatic N) is 6. The standard InChI is InChI=1S/C21H17Cl2F3N8O3/c22-15-10-16(23)17(34(35)36)8-12(15)11-27-32-19-29-18(30-20(31-19)33-4-6-37-7-5-33)28-14-3-1-2-13(9-14)21(24,25)26/h1-3,8-11H,4-7H2,(H2,28,29,30,31,32)/b27-11-. The van der Waals surface area contributed by atoms with Crippen LogP contribution in [-0.2, 0) is 10.9 Å². The van der Waals surface area contributed by atoms with Gasteiger partial charge in [0.25, 0.3) is 5.69 Å². The van der Waals surface area contributed by atoms with Gasteiger partial charge in [-0.3, -0.25) is 10.1 Å². The molecule has 2 N–H and O–H groups in total. The highest BCUT2D eigenvalue weighted by Crippen LogP contribution is 2.32. The summed E-state index contributed by atoms with van der Waals surface area (Å²) in [6.07, 6.45) is -3.31. The third kappa shape index (κ3) is 6.72. The van der Waals surface area contributed by atoms with Gasteiger partial charge >= 0.3 is 6.18 Å². The van der Waals surface area contributed by atoms with Gasteiger partial charge in [0.15, 0.2) is 0 Å². The van der Waals surface area contributed by atoms with Crippen molar-refractivity contribution in [3.63, 3.8) is 0 Å². The van der Waals surface area contributed by atoms with Crippen LogP contribution < -0.4 is 15.6 Å². The minimum absolute atomic E-state index is 0.0336. The summed E-state index contributed by atoms with van der Waals surface area (Å²) in [4.78, 5) is 25.1. The minimum Gasteiger partial charge on any atom is -0.378 e. The molecule has 2 heterocycles. The lowest BCUT2D eigenvalue weighted by Crippen LogP contribution is -2.37. The number of aromatic nitrogens is 3. The Bertz CT molecular complexity index is 1340. The highest BCUT2D eigenvalue weighted by Gasteiger charge is 2.30. The molecule has 0 saturated carbocycles. The maximum atomic E-state index is 13.1. The van der Waals surface area contributed by atoms with Crippen molar-refractivity contribution in [3.8, 4) is 0 Å². The van der Waals surface area contributed by atoms with E-state index in [1.165, 1.54) is 24.4 Å². The number of nitro groups is 1. The average molecular weight is 557 g/mol. The van der Waals surface area contributed by atoms with Crippen molar-refractivity contribution in [2.75, 3.05) is 41.9 Å². The van der Waals surface area contributed by atoms with Crippen LogP contribution in [-0.4, -0.2) is 52.4 Å².